The molecule has 3 amide bonds. The fourth-order valence-electron chi connectivity index (χ4n) is 3.30. The van der Waals surface area contributed by atoms with Gasteiger partial charge in [-0.15, -0.1) is 0 Å². The van der Waals surface area contributed by atoms with Gasteiger partial charge in [0.15, 0.2) is 0 Å². The van der Waals surface area contributed by atoms with Crippen LogP contribution in [0.5, 0.6) is 0 Å². The molecule has 152 valence electrons. The van der Waals surface area contributed by atoms with Crippen molar-refractivity contribution in [1.82, 2.24) is 10.2 Å². The van der Waals surface area contributed by atoms with Gasteiger partial charge in [0.05, 0.1) is 18.3 Å². The van der Waals surface area contributed by atoms with Gasteiger partial charge in [0, 0.05) is 5.56 Å². The Hall–Kier alpha value is -2.60. The van der Waals surface area contributed by atoms with E-state index < -0.39 is 0 Å². The van der Waals surface area contributed by atoms with Crippen LogP contribution in [-0.2, 0) is 17.8 Å². The second-order valence-electron chi connectivity index (χ2n) is 7.77. The Morgan fingerprint density at radius 2 is 1.79 bits per heavy atom. The van der Waals surface area contributed by atoms with Crippen molar-refractivity contribution in [3.05, 3.63) is 70.8 Å². The molecule has 2 aromatic carbocycles. The van der Waals surface area contributed by atoms with Crippen LogP contribution in [0.15, 0.2) is 48.5 Å². The van der Waals surface area contributed by atoms with E-state index in [0.717, 1.165) is 29.3 Å². The summed E-state index contributed by atoms with van der Waals surface area (Å²) in [6, 6.07) is 15.3. The first-order valence-corrected chi connectivity index (χ1v) is 10.8. The largest absolute Gasteiger partial charge is 0.346 e. The summed E-state index contributed by atoms with van der Waals surface area (Å²) in [7, 11) is 0. The molecule has 29 heavy (non-hydrogen) atoms. The molecule has 1 unspecified atom stereocenters. The number of nitrogens with one attached hydrogen (secondary N) is 1. The van der Waals surface area contributed by atoms with Gasteiger partial charge in [-0.2, -0.15) is 0 Å². The highest BCUT2D eigenvalue weighted by Gasteiger charge is 2.29. The molecule has 5 nitrogen and oxygen atoms in total. The summed E-state index contributed by atoms with van der Waals surface area (Å²) in [4.78, 5) is 37.5. The molecule has 1 heterocycles. The van der Waals surface area contributed by atoms with E-state index in [1.807, 2.05) is 13.0 Å². The molecule has 3 rings (SSSR count). The van der Waals surface area contributed by atoms with Crippen molar-refractivity contribution in [2.24, 2.45) is 5.92 Å². The molecule has 0 aliphatic carbocycles. The summed E-state index contributed by atoms with van der Waals surface area (Å²) >= 11 is 1.01. The monoisotopic (exact) mass is 410 g/mol. The fraction of sp³-hybridized carbons (Fsp3) is 0.348. The number of benzene rings is 2. The number of hydrogen-bond donors (Lipinski definition) is 1. The van der Waals surface area contributed by atoms with Gasteiger partial charge in [-0.3, -0.25) is 19.3 Å². The molecule has 0 saturated carbocycles. The molecular weight excluding hydrogens is 384 g/mol. The zero-order chi connectivity index (χ0) is 21.0. The molecule has 1 saturated heterocycles. The molecule has 0 aromatic heterocycles. The minimum absolute atomic E-state index is 0.127. The van der Waals surface area contributed by atoms with E-state index in [-0.39, 0.29) is 35.4 Å². The second kappa shape index (κ2) is 9.27. The minimum atomic E-state index is -0.237. The van der Waals surface area contributed by atoms with Gasteiger partial charge in [0.2, 0.25) is 5.91 Å². The molecule has 1 atom stereocenters. The van der Waals surface area contributed by atoms with Crippen LogP contribution in [0, 0.1) is 5.92 Å². The van der Waals surface area contributed by atoms with Crippen molar-refractivity contribution < 1.29 is 14.4 Å². The standard InChI is InChI=1S/C23H26N2O3S/c1-15(2)11-17-7-9-19(10-8-17)16(3)24-22(27)20-6-4-5-18(12-20)13-25-21(26)14-29-23(25)28/h4-10,12,15-16H,11,13-14H2,1-3H3,(H,24,27). The lowest BCUT2D eigenvalue weighted by atomic mass is 10.00. The summed E-state index contributed by atoms with van der Waals surface area (Å²) in [5.41, 5.74) is 3.61. The number of carbonyl (C=O) groups excluding carboxylic acids is 3. The Kier molecular flexibility index (Phi) is 6.75. The van der Waals surface area contributed by atoms with Gasteiger partial charge in [-0.25, -0.2) is 0 Å². The molecule has 0 radical (unpaired) electrons. The molecule has 0 bridgehead atoms. The van der Waals surface area contributed by atoms with E-state index in [1.165, 1.54) is 10.5 Å². The van der Waals surface area contributed by atoms with E-state index in [4.69, 9.17) is 0 Å². The lowest BCUT2D eigenvalue weighted by Gasteiger charge is -2.16. The van der Waals surface area contributed by atoms with Crippen molar-refractivity contribution in [2.45, 2.75) is 39.8 Å². The van der Waals surface area contributed by atoms with Crippen LogP contribution in [0.2, 0.25) is 0 Å². The first-order chi connectivity index (χ1) is 13.8. The Labute approximate surface area is 175 Å². The average Bonchev–Trinajstić information content (AvgIpc) is 3.00. The van der Waals surface area contributed by atoms with Crippen LogP contribution in [0.3, 0.4) is 0 Å². The van der Waals surface area contributed by atoms with Crippen molar-refractivity contribution in [1.29, 1.82) is 0 Å². The van der Waals surface area contributed by atoms with Crippen LogP contribution in [-0.4, -0.2) is 27.7 Å². The van der Waals surface area contributed by atoms with Gasteiger partial charge < -0.3 is 5.32 Å². The first-order valence-electron chi connectivity index (χ1n) is 9.79. The molecule has 2 aromatic rings. The van der Waals surface area contributed by atoms with Gasteiger partial charge in [0.1, 0.15) is 0 Å². The normalized spacial score (nSPS) is 15.1. The Morgan fingerprint density at radius 3 is 2.41 bits per heavy atom. The average molecular weight is 411 g/mol. The molecule has 6 heteroatoms. The van der Waals surface area contributed by atoms with E-state index in [2.05, 4.69) is 43.4 Å². The molecular formula is C23H26N2O3S. The van der Waals surface area contributed by atoms with Crippen LogP contribution in [0.4, 0.5) is 4.79 Å². The zero-order valence-corrected chi connectivity index (χ0v) is 17.8. The predicted octanol–water partition coefficient (Wildman–Crippen LogP) is 4.57. The summed E-state index contributed by atoms with van der Waals surface area (Å²) in [5.74, 6) is 0.422. The lowest BCUT2D eigenvalue weighted by molar-refractivity contribution is -0.125. The molecule has 1 aliphatic heterocycles. The summed E-state index contributed by atoms with van der Waals surface area (Å²) in [5, 5.41) is 2.78. The lowest BCUT2D eigenvalue weighted by Crippen LogP contribution is -2.29. The Bertz CT molecular complexity index is 893. The smallest absolute Gasteiger partial charge is 0.289 e. The topological polar surface area (TPSA) is 66.5 Å². The Morgan fingerprint density at radius 1 is 1.07 bits per heavy atom. The maximum atomic E-state index is 12.7. The van der Waals surface area contributed by atoms with Crippen LogP contribution < -0.4 is 5.32 Å². The third kappa shape index (κ3) is 5.48. The highest BCUT2D eigenvalue weighted by Crippen LogP contribution is 2.22. The van der Waals surface area contributed by atoms with Crippen LogP contribution in [0.25, 0.3) is 0 Å². The van der Waals surface area contributed by atoms with Crippen molar-refractivity contribution in [2.75, 3.05) is 5.75 Å². The van der Waals surface area contributed by atoms with Gasteiger partial charge >= 0.3 is 0 Å². The number of amides is 3. The van der Waals surface area contributed by atoms with Crippen LogP contribution in [0.1, 0.15) is 53.9 Å². The predicted molar refractivity (Wildman–Crippen MR) is 116 cm³/mol. The van der Waals surface area contributed by atoms with E-state index in [1.54, 1.807) is 18.2 Å². The second-order valence-corrected chi connectivity index (χ2v) is 8.70. The molecule has 1 fully saturated rings. The first kappa shape index (κ1) is 21.1. The number of thioether (sulfide) groups is 1. The van der Waals surface area contributed by atoms with Gasteiger partial charge in [-0.1, -0.05) is 62.0 Å². The maximum absolute atomic E-state index is 12.7. The number of nitrogens with zero attached hydrogens (tertiary/aromatic N) is 1. The third-order valence-electron chi connectivity index (χ3n) is 4.84. The highest BCUT2D eigenvalue weighted by atomic mass is 32.2. The fourth-order valence-corrected chi connectivity index (χ4v) is 4.03. The minimum Gasteiger partial charge on any atom is -0.346 e. The molecule has 1 N–H and O–H groups in total. The SMILES string of the molecule is CC(C)Cc1ccc(C(C)NC(=O)c2cccc(CN3C(=O)CSC3=O)c2)cc1. The zero-order valence-electron chi connectivity index (χ0n) is 17.0. The number of rotatable bonds is 7. The quantitative estimate of drug-likeness (QED) is 0.726. The maximum Gasteiger partial charge on any atom is 0.289 e. The highest BCUT2D eigenvalue weighted by molar-refractivity contribution is 8.14. The van der Waals surface area contributed by atoms with Crippen molar-refractivity contribution in [3.8, 4) is 0 Å². The van der Waals surface area contributed by atoms with E-state index in [9.17, 15) is 14.4 Å². The summed E-state index contributed by atoms with van der Waals surface area (Å²) in [6.07, 6.45) is 1.04. The number of hydrogen-bond acceptors (Lipinski definition) is 4. The van der Waals surface area contributed by atoms with Crippen LogP contribution >= 0.6 is 11.8 Å². The Balaban J connectivity index is 1.64. The van der Waals surface area contributed by atoms with Crippen molar-refractivity contribution >= 4 is 28.8 Å². The summed E-state index contributed by atoms with van der Waals surface area (Å²) in [6.45, 7) is 6.54. The van der Waals surface area contributed by atoms with E-state index >= 15 is 0 Å². The summed E-state index contributed by atoms with van der Waals surface area (Å²) < 4.78 is 0. The third-order valence-corrected chi connectivity index (χ3v) is 5.70. The van der Waals surface area contributed by atoms with Gasteiger partial charge in [-0.05, 0) is 48.1 Å². The molecule has 1 aliphatic rings. The number of carbonyl (C=O) groups is 3. The number of imide groups is 1. The van der Waals surface area contributed by atoms with E-state index in [0.29, 0.717) is 11.5 Å². The molecule has 0 spiro atoms. The van der Waals surface area contributed by atoms with Crippen molar-refractivity contribution in [3.63, 3.8) is 0 Å². The van der Waals surface area contributed by atoms with Gasteiger partial charge in [0.25, 0.3) is 11.1 Å².